The van der Waals surface area contributed by atoms with Gasteiger partial charge in [-0.1, -0.05) is 11.6 Å². The number of H-pyrrole nitrogens is 1. The number of nitrogens with zero attached hydrogens (tertiary/aromatic N) is 2. The molecule has 0 aliphatic carbocycles. The molecule has 1 aromatic heterocycles. The first kappa shape index (κ1) is 14.6. The highest BCUT2D eigenvalue weighted by Gasteiger charge is 2.27. The van der Waals surface area contributed by atoms with Crippen LogP contribution in [0.25, 0.3) is 11.0 Å². The molecule has 0 saturated carbocycles. The van der Waals surface area contributed by atoms with E-state index in [1.54, 1.807) is 16.7 Å². The maximum atomic E-state index is 12.2. The van der Waals surface area contributed by atoms with Gasteiger partial charge in [0.15, 0.2) is 0 Å². The van der Waals surface area contributed by atoms with Gasteiger partial charge in [0.25, 0.3) is 0 Å². The molecule has 1 saturated heterocycles. The van der Waals surface area contributed by atoms with Crippen molar-refractivity contribution in [3.8, 4) is 0 Å². The van der Waals surface area contributed by atoms with Gasteiger partial charge in [-0.25, -0.2) is 17.5 Å². The molecule has 8 heteroatoms. The topological polar surface area (TPSA) is 75.2 Å². The standard InChI is InChI=1S/C13H16ClN3O3S/c1-21(19,20)16-6-4-10(5-7-16)17-12-3-2-9(14)8-11(12)15-13(17)18/h2-3,8,10H,4-7H2,1H3,(H,15,18). The largest absolute Gasteiger partial charge is 0.326 e. The first-order chi connectivity index (χ1) is 9.86. The molecule has 0 bridgehead atoms. The van der Waals surface area contributed by atoms with E-state index in [1.165, 1.54) is 10.6 Å². The Kier molecular flexibility index (Phi) is 3.59. The summed E-state index contributed by atoms with van der Waals surface area (Å²) in [5.41, 5.74) is 1.34. The number of fused-ring (bicyclic) bond motifs is 1. The second-order valence-electron chi connectivity index (χ2n) is 5.35. The summed E-state index contributed by atoms with van der Waals surface area (Å²) in [5.74, 6) is 0. The van der Waals surface area contributed by atoms with Crippen LogP contribution in [0.1, 0.15) is 18.9 Å². The number of rotatable bonds is 2. The Morgan fingerprint density at radius 2 is 1.95 bits per heavy atom. The summed E-state index contributed by atoms with van der Waals surface area (Å²) < 4.78 is 26.2. The van der Waals surface area contributed by atoms with Gasteiger partial charge in [-0.15, -0.1) is 0 Å². The second-order valence-corrected chi connectivity index (χ2v) is 7.77. The van der Waals surface area contributed by atoms with Crippen LogP contribution in [0, 0.1) is 0 Å². The second kappa shape index (κ2) is 5.15. The normalized spacial score (nSPS) is 18.4. The summed E-state index contributed by atoms with van der Waals surface area (Å²) in [7, 11) is -3.16. The molecule has 2 aromatic rings. The number of halogens is 1. The van der Waals surface area contributed by atoms with Crippen LogP contribution in [-0.2, 0) is 10.0 Å². The number of nitrogens with one attached hydrogen (secondary N) is 1. The number of sulfonamides is 1. The van der Waals surface area contributed by atoms with Gasteiger partial charge in [-0.05, 0) is 31.0 Å². The van der Waals surface area contributed by atoms with Crippen LogP contribution in [0.2, 0.25) is 5.02 Å². The van der Waals surface area contributed by atoms with Crippen molar-refractivity contribution in [2.75, 3.05) is 19.3 Å². The first-order valence-electron chi connectivity index (χ1n) is 6.71. The molecule has 1 aliphatic rings. The summed E-state index contributed by atoms with van der Waals surface area (Å²) in [6.45, 7) is 0.881. The minimum absolute atomic E-state index is 0.00502. The van der Waals surface area contributed by atoms with Crippen molar-refractivity contribution in [1.29, 1.82) is 0 Å². The van der Waals surface area contributed by atoms with Gasteiger partial charge in [0.05, 0.1) is 17.3 Å². The molecule has 3 rings (SSSR count). The monoisotopic (exact) mass is 329 g/mol. The Morgan fingerprint density at radius 1 is 1.29 bits per heavy atom. The Morgan fingerprint density at radius 3 is 2.57 bits per heavy atom. The molecular weight excluding hydrogens is 314 g/mol. The molecule has 0 atom stereocenters. The van der Waals surface area contributed by atoms with Crippen LogP contribution in [0.5, 0.6) is 0 Å². The number of hydrogen-bond donors (Lipinski definition) is 1. The smallest absolute Gasteiger partial charge is 0.305 e. The highest BCUT2D eigenvalue weighted by molar-refractivity contribution is 7.88. The Labute approximate surface area is 127 Å². The lowest BCUT2D eigenvalue weighted by atomic mass is 10.1. The van der Waals surface area contributed by atoms with E-state index in [2.05, 4.69) is 4.98 Å². The maximum Gasteiger partial charge on any atom is 0.326 e. The molecule has 0 spiro atoms. The first-order valence-corrected chi connectivity index (χ1v) is 8.94. The third-order valence-corrected chi connectivity index (χ3v) is 5.47. The number of aromatic nitrogens is 2. The van der Waals surface area contributed by atoms with Crippen molar-refractivity contribution in [2.24, 2.45) is 0 Å². The van der Waals surface area contributed by atoms with Crippen molar-refractivity contribution in [2.45, 2.75) is 18.9 Å². The minimum atomic E-state index is -3.16. The number of piperidine rings is 1. The van der Waals surface area contributed by atoms with Gasteiger partial charge in [0, 0.05) is 24.2 Å². The quantitative estimate of drug-likeness (QED) is 0.909. The van der Waals surface area contributed by atoms with Crippen molar-refractivity contribution < 1.29 is 8.42 Å². The van der Waals surface area contributed by atoms with Crippen LogP contribution in [0.4, 0.5) is 0 Å². The van der Waals surface area contributed by atoms with Gasteiger partial charge in [-0.2, -0.15) is 0 Å². The van der Waals surface area contributed by atoms with E-state index < -0.39 is 10.0 Å². The molecule has 0 radical (unpaired) electrons. The summed E-state index contributed by atoms with van der Waals surface area (Å²) in [6.07, 6.45) is 2.47. The Hall–Kier alpha value is -1.31. The van der Waals surface area contributed by atoms with E-state index in [1.807, 2.05) is 6.07 Å². The molecule has 1 fully saturated rings. The van der Waals surface area contributed by atoms with Gasteiger partial charge in [0.2, 0.25) is 10.0 Å². The molecule has 1 N–H and O–H groups in total. The SMILES string of the molecule is CS(=O)(=O)N1CCC(n2c(=O)[nH]c3cc(Cl)ccc32)CC1. The molecule has 21 heavy (non-hydrogen) atoms. The van der Waals surface area contributed by atoms with E-state index >= 15 is 0 Å². The lowest BCUT2D eigenvalue weighted by Crippen LogP contribution is -2.39. The van der Waals surface area contributed by atoms with Gasteiger partial charge in [-0.3, -0.25) is 4.57 Å². The minimum Gasteiger partial charge on any atom is -0.305 e. The van der Waals surface area contributed by atoms with Crippen molar-refractivity contribution in [1.82, 2.24) is 13.9 Å². The fourth-order valence-electron chi connectivity index (χ4n) is 2.90. The van der Waals surface area contributed by atoms with Gasteiger partial charge < -0.3 is 4.98 Å². The number of hydrogen-bond acceptors (Lipinski definition) is 3. The van der Waals surface area contributed by atoms with Crippen LogP contribution in [-0.4, -0.2) is 41.6 Å². The van der Waals surface area contributed by atoms with Crippen LogP contribution in [0.3, 0.4) is 0 Å². The van der Waals surface area contributed by atoms with Gasteiger partial charge in [0.1, 0.15) is 0 Å². The average Bonchev–Trinajstić information content (AvgIpc) is 2.73. The van der Waals surface area contributed by atoms with E-state index in [9.17, 15) is 13.2 Å². The van der Waals surface area contributed by atoms with Crippen LogP contribution in [0.15, 0.2) is 23.0 Å². The molecular formula is C13H16ClN3O3S. The summed E-state index contributed by atoms with van der Waals surface area (Å²) in [4.78, 5) is 15.0. The zero-order valence-corrected chi connectivity index (χ0v) is 13.1. The molecule has 6 nitrogen and oxygen atoms in total. The third kappa shape index (κ3) is 2.73. The Balaban J connectivity index is 1.93. The van der Waals surface area contributed by atoms with E-state index in [0.29, 0.717) is 36.5 Å². The summed E-state index contributed by atoms with van der Waals surface area (Å²) in [6, 6.07) is 5.29. The fourth-order valence-corrected chi connectivity index (χ4v) is 3.94. The van der Waals surface area contributed by atoms with Crippen LogP contribution >= 0.6 is 11.6 Å². The highest BCUT2D eigenvalue weighted by Crippen LogP contribution is 2.26. The average molecular weight is 330 g/mol. The molecule has 1 aliphatic heterocycles. The molecule has 1 aromatic carbocycles. The zero-order valence-electron chi connectivity index (χ0n) is 11.5. The van der Waals surface area contributed by atoms with Crippen molar-refractivity contribution in [3.63, 3.8) is 0 Å². The third-order valence-electron chi connectivity index (χ3n) is 3.94. The fraction of sp³-hybridized carbons (Fsp3) is 0.462. The maximum absolute atomic E-state index is 12.2. The zero-order chi connectivity index (χ0) is 15.2. The summed E-state index contributed by atoms with van der Waals surface area (Å²) >= 11 is 5.93. The summed E-state index contributed by atoms with van der Waals surface area (Å²) in [5, 5.41) is 0.572. The van der Waals surface area contributed by atoms with Gasteiger partial charge >= 0.3 is 5.69 Å². The number of imidazole rings is 1. The molecule has 2 heterocycles. The van der Waals surface area contributed by atoms with Crippen LogP contribution < -0.4 is 5.69 Å². The lowest BCUT2D eigenvalue weighted by Gasteiger charge is -2.30. The van der Waals surface area contributed by atoms with E-state index in [-0.39, 0.29) is 11.7 Å². The Bertz CT molecular complexity index is 832. The number of benzene rings is 1. The van der Waals surface area contributed by atoms with E-state index in [0.717, 1.165) is 5.52 Å². The van der Waals surface area contributed by atoms with Crippen molar-refractivity contribution in [3.05, 3.63) is 33.7 Å². The molecule has 0 unspecified atom stereocenters. The predicted molar refractivity (Wildman–Crippen MR) is 82.3 cm³/mol. The highest BCUT2D eigenvalue weighted by atomic mass is 35.5. The molecule has 114 valence electrons. The lowest BCUT2D eigenvalue weighted by molar-refractivity contribution is 0.275. The molecule has 0 amide bonds. The van der Waals surface area contributed by atoms with E-state index in [4.69, 9.17) is 11.6 Å². The van der Waals surface area contributed by atoms with Crippen molar-refractivity contribution >= 4 is 32.7 Å². The number of aromatic amines is 1. The predicted octanol–water partition coefficient (Wildman–Crippen LogP) is 1.58.